The maximum absolute atomic E-state index is 11.8. The van der Waals surface area contributed by atoms with Crippen molar-refractivity contribution < 1.29 is 14.3 Å². The van der Waals surface area contributed by atoms with Crippen LogP contribution in [-0.4, -0.2) is 36.6 Å². The topological polar surface area (TPSA) is 58.6 Å². The quantitative estimate of drug-likeness (QED) is 0.934. The van der Waals surface area contributed by atoms with Gasteiger partial charge >= 0.3 is 6.09 Å². The van der Waals surface area contributed by atoms with Crippen LogP contribution in [0.2, 0.25) is 10.0 Å². The van der Waals surface area contributed by atoms with Crippen LogP contribution in [0.4, 0.5) is 10.5 Å². The predicted molar refractivity (Wildman–Crippen MR) is 72.6 cm³/mol. The van der Waals surface area contributed by atoms with E-state index in [1.165, 1.54) is 11.0 Å². The van der Waals surface area contributed by atoms with Crippen molar-refractivity contribution in [1.29, 1.82) is 0 Å². The van der Waals surface area contributed by atoms with Gasteiger partial charge in [0.15, 0.2) is 0 Å². The summed E-state index contributed by atoms with van der Waals surface area (Å²) in [4.78, 5) is 24.5. The highest BCUT2D eigenvalue weighted by molar-refractivity contribution is 6.36. The molecule has 2 amide bonds. The van der Waals surface area contributed by atoms with Gasteiger partial charge in [-0.05, 0) is 24.6 Å². The second-order valence-electron chi connectivity index (χ2n) is 4.06. The summed E-state index contributed by atoms with van der Waals surface area (Å²) in [7, 11) is 0. The number of amides is 2. The molecule has 19 heavy (non-hydrogen) atoms. The third-order valence-corrected chi connectivity index (χ3v) is 3.14. The van der Waals surface area contributed by atoms with Crippen LogP contribution in [-0.2, 0) is 9.53 Å². The molecule has 0 bridgehead atoms. The predicted octanol–water partition coefficient (Wildman–Crippen LogP) is 2.77. The van der Waals surface area contributed by atoms with Crippen LogP contribution in [0.3, 0.4) is 0 Å². The third kappa shape index (κ3) is 3.75. The van der Waals surface area contributed by atoms with Gasteiger partial charge in [0, 0.05) is 11.6 Å². The van der Waals surface area contributed by atoms with Gasteiger partial charge in [-0.1, -0.05) is 23.2 Å². The van der Waals surface area contributed by atoms with Crippen molar-refractivity contribution in [1.82, 2.24) is 4.90 Å². The number of carbonyl (C=O) groups excluding carboxylic acids is 2. The minimum Gasteiger partial charge on any atom is -0.449 e. The van der Waals surface area contributed by atoms with E-state index in [2.05, 4.69) is 5.32 Å². The Morgan fingerprint density at radius 2 is 2.21 bits per heavy atom. The van der Waals surface area contributed by atoms with Gasteiger partial charge in [-0.15, -0.1) is 0 Å². The molecule has 0 aliphatic carbocycles. The number of cyclic esters (lactones) is 1. The first-order chi connectivity index (χ1) is 9.06. The third-order valence-electron chi connectivity index (χ3n) is 2.60. The highest BCUT2D eigenvalue weighted by Gasteiger charge is 2.22. The summed E-state index contributed by atoms with van der Waals surface area (Å²) in [6.45, 7) is 0.859. The average Bonchev–Trinajstić information content (AvgIpc) is 2.36. The molecule has 0 aromatic heterocycles. The number of carbonyl (C=O) groups is 2. The molecule has 1 fully saturated rings. The standard InChI is InChI=1S/C12H12Cl2N2O3/c13-8-2-3-10(9(14)6-8)15-11(17)7-16-4-1-5-19-12(16)18/h2-3,6H,1,4-5,7H2,(H,15,17). The molecule has 5 nitrogen and oxygen atoms in total. The first kappa shape index (κ1) is 14.0. The Morgan fingerprint density at radius 3 is 2.89 bits per heavy atom. The molecule has 1 aliphatic rings. The van der Waals surface area contributed by atoms with Gasteiger partial charge in [-0.2, -0.15) is 0 Å². The number of nitrogens with one attached hydrogen (secondary N) is 1. The first-order valence-electron chi connectivity index (χ1n) is 5.73. The molecular weight excluding hydrogens is 291 g/mol. The minimum atomic E-state index is -0.469. The second kappa shape index (κ2) is 6.12. The van der Waals surface area contributed by atoms with Gasteiger partial charge in [0.05, 0.1) is 17.3 Å². The molecule has 2 rings (SSSR count). The van der Waals surface area contributed by atoms with Crippen LogP contribution in [0.1, 0.15) is 6.42 Å². The molecule has 1 heterocycles. The number of nitrogens with zero attached hydrogens (tertiary/aromatic N) is 1. The van der Waals surface area contributed by atoms with E-state index in [-0.39, 0.29) is 12.5 Å². The molecule has 0 atom stereocenters. The fourth-order valence-corrected chi connectivity index (χ4v) is 2.15. The van der Waals surface area contributed by atoms with Crippen molar-refractivity contribution in [2.24, 2.45) is 0 Å². The maximum atomic E-state index is 11.8. The largest absolute Gasteiger partial charge is 0.449 e. The molecule has 7 heteroatoms. The summed E-state index contributed by atoms with van der Waals surface area (Å²) in [6, 6.07) is 4.77. The Hall–Kier alpha value is -1.46. The normalized spacial score (nSPS) is 15.1. The van der Waals surface area contributed by atoms with E-state index in [1.54, 1.807) is 12.1 Å². The van der Waals surface area contributed by atoms with E-state index in [0.717, 1.165) is 6.42 Å². The van der Waals surface area contributed by atoms with Crippen molar-refractivity contribution >= 4 is 40.9 Å². The number of hydrogen-bond acceptors (Lipinski definition) is 3. The summed E-state index contributed by atoms with van der Waals surface area (Å²) < 4.78 is 4.84. The average molecular weight is 303 g/mol. The Balaban J connectivity index is 1.95. The van der Waals surface area contributed by atoms with Crippen LogP contribution in [0.5, 0.6) is 0 Å². The van der Waals surface area contributed by atoms with E-state index in [9.17, 15) is 9.59 Å². The number of hydrogen-bond donors (Lipinski definition) is 1. The maximum Gasteiger partial charge on any atom is 0.410 e. The fourth-order valence-electron chi connectivity index (χ4n) is 1.70. The zero-order chi connectivity index (χ0) is 13.8. The Labute approximate surface area is 120 Å². The number of rotatable bonds is 3. The van der Waals surface area contributed by atoms with Crippen molar-refractivity contribution in [3.8, 4) is 0 Å². The number of benzene rings is 1. The molecule has 0 saturated carbocycles. The van der Waals surface area contributed by atoms with Crippen molar-refractivity contribution in [3.63, 3.8) is 0 Å². The Kier molecular flexibility index (Phi) is 4.50. The van der Waals surface area contributed by atoms with Gasteiger partial charge < -0.3 is 10.1 Å². The van der Waals surface area contributed by atoms with E-state index in [0.29, 0.717) is 28.9 Å². The van der Waals surface area contributed by atoms with E-state index in [4.69, 9.17) is 27.9 Å². The summed E-state index contributed by atoms with van der Waals surface area (Å²) in [5.74, 6) is -0.330. The van der Waals surface area contributed by atoms with Gasteiger partial charge in [-0.3, -0.25) is 9.69 Å². The molecule has 1 aromatic carbocycles. The lowest BCUT2D eigenvalue weighted by Crippen LogP contribution is -2.42. The fraction of sp³-hybridized carbons (Fsp3) is 0.333. The van der Waals surface area contributed by atoms with Crippen molar-refractivity contribution in [2.45, 2.75) is 6.42 Å². The van der Waals surface area contributed by atoms with Gasteiger partial charge in [0.2, 0.25) is 5.91 Å². The first-order valence-corrected chi connectivity index (χ1v) is 6.48. The van der Waals surface area contributed by atoms with Gasteiger partial charge in [-0.25, -0.2) is 4.79 Å². The summed E-state index contributed by atoms with van der Waals surface area (Å²) in [5.41, 5.74) is 0.460. The van der Waals surface area contributed by atoms with Crippen molar-refractivity contribution in [2.75, 3.05) is 25.0 Å². The molecule has 1 aromatic rings. The monoisotopic (exact) mass is 302 g/mol. The molecule has 1 N–H and O–H groups in total. The van der Waals surface area contributed by atoms with Crippen molar-refractivity contribution in [3.05, 3.63) is 28.2 Å². The van der Waals surface area contributed by atoms with Gasteiger partial charge in [0.25, 0.3) is 0 Å². The van der Waals surface area contributed by atoms with Crippen LogP contribution < -0.4 is 5.32 Å². The lowest BCUT2D eigenvalue weighted by molar-refractivity contribution is -0.117. The highest BCUT2D eigenvalue weighted by atomic mass is 35.5. The van der Waals surface area contributed by atoms with E-state index in [1.807, 2.05) is 0 Å². The van der Waals surface area contributed by atoms with Crippen LogP contribution in [0.25, 0.3) is 0 Å². The van der Waals surface area contributed by atoms with E-state index >= 15 is 0 Å². The van der Waals surface area contributed by atoms with Crippen LogP contribution >= 0.6 is 23.2 Å². The lowest BCUT2D eigenvalue weighted by Gasteiger charge is -2.25. The number of ether oxygens (including phenoxy) is 1. The molecule has 1 saturated heterocycles. The molecule has 1 aliphatic heterocycles. The second-order valence-corrected chi connectivity index (χ2v) is 4.91. The van der Waals surface area contributed by atoms with Gasteiger partial charge in [0.1, 0.15) is 6.54 Å². The van der Waals surface area contributed by atoms with Crippen LogP contribution in [0, 0.1) is 0 Å². The number of anilines is 1. The summed E-state index contributed by atoms with van der Waals surface area (Å²) >= 11 is 11.7. The smallest absolute Gasteiger partial charge is 0.410 e. The summed E-state index contributed by atoms with van der Waals surface area (Å²) in [5, 5.41) is 3.46. The minimum absolute atomic E-state index is 0.0577. The molecule has 0 radical (unpaired) electrons. The Bertz CT molecular complexity index is 508. The summed E-state index contributed by atoms with van der Waals surface area (Å²) in [6.07, 6.45) is 0.254. The lowest BCUT2D eigenvalue weighted by atomic mass is 10.3. The highest BCUT2D eigenvalue weighted by Crippen LogP contribution is 2.25. The Morgan fingerprint density at radius 1 is 1.42 bits per heavy atom. The SMILES string of the molecule is O=C(CN1CCCOC1=O)Nc1ccc(Cl)cc1Cl. The molecular formula is C12H12Cl2N2O3. The zero-order valence-corrected chi connectivity index (χ0v) is 11.5. The molecule has 102 valence electrons. The zero-order valence-electron chi connectivity index (χ0n) is 9.99. The van der Waals surface area contributed by atoms with E-state index < -0.39 is 6.09 Å². The molecule has 0 unspecified atom stereocenters. The van der Waals surface area contributed by atoms with Crippen LogP contribution in [0.15, 0.2) is 18.2 Å². The number of halogens is 2. The molecule has 0 spiro atoms.